The average molecular weight is 453 g/mol. The van der Waals surface area contributed by atoms with E-state index in [0.717, 1.165) is 46.3 Å². The van der Waals surface area contributed by atoms with E-state index < -0.39 is 17.5 Å². The number of esters is 1. The fourth-order valence-electron chi connectivity index (χ4n) is 5.55. The van der Waals surface area contributed by atoms with Gasteiger partial charge < -0.3 is 19.9 Å². The second-order valence-electron chi connectivity index (χ2n) is 9.34. The number of rotatable bonds is 3. The van der Waals surface area contributed by atoms with Gasteiger partial charge in [0.15, 0.2) is 0 Å². The van der Waals surface area contributed by atoms with Crippen LogP contribution < -0.4 is 5.32 Å². The lowest BCUT2D eigenvalue weighted by molar-refractivity contribution is -0.141. The zero-order valence-electron chi connectivity index (χ0n) is 18.9. The molecule has 0 bridgehead atoms. The van der Waals surface area contributed by atoms with E-state index in [0.29, 0.717) is 31.5 Å². The van der Waals surface area contributed by atoms with E-state index in [9.17, 15) is 19.2 Å². The van der Waals surface area contributed by atoms with Crippen molar-refractivity contribution < 1.29 is 23.9 Å². The topological polar surface area (TPSA) is 112 Å². The molecule has 0 radical (unpaired) electrons. The zero-order chi connectivity index (χ0) is 23.3. The van der Waals surface area contributed by atoms with Crippen molar-refractivity contribution in [3.8, 4) is 0 Å². The molecule has 3 heterocycles. The molecule has 1 saturated carbocycles. The number of aromatic amines is 1. The number of carbonyl (C=O) groups is 4. The molecule has 3 aliphatic rings. The van der Waals surface area contributed by atoms with Gasteiger partial charge in [0.25, 0.3) is 5.91 Å². The Kier molecular flexibility index (Phi) is 5.14. The van der Waals surface area contributed by atoms with Crippen molar-refractivity contribution in [2.45, 2.75) is 51.1 Å². The zero-order valence-corrected chi connectivity index (χ0v) is 18.9. The predicted molar refractivity (Wildman–Crippen MR) is 119 cm³/mol. The van der Waals surface area contributed by atoms with Crippen molar-refractivity contribution >= 4 is 34.7 Å². The molecule has 1 aromatic carbocycles. The Balaban J connectivity index is 1.35. The number of hydrogen-bond donors (Lipinski definition) is 2. The highest BCUT2D eigenvalue weighted by molar-refractivity contribution is 6.09. The molecule has 2 N–H and O–H groups in total. The van der Waals surface area contributed by atoms with Crippen molar-refractivity contribution in [1.29, 1.82) is 0 Å². The molecule has 1 aromatic heterocycles. The first kappa shape index (κ1) is 21.5. The Bertz CT molecular complexity index is 1170. The number of benzene rings is 1. The Labute approximate surface area is 191 Å². The fraction of sp³-hybridized carbons (Fsp3) is 0.500. The molecule has 9 heteroatoms. The number of amides is 4. The Hall–Kier alpha value is -3.36. The minimum absolute atomic E-state index is 0.0515. The number of fused-ring (bicyclic) bond motifs is 3. The third kappa shape index (κ3) is 3.37. The van der Waals surface area contributed by atoms with E-state index in [2.05, 4.69) is 10.3 Å². The molecule has 2 atom stereocenters. The second kappa shape index (κ2) is 7.90. The molecule has 4 amide bonds. The van der Waals surface area contributed by atoms with Crippen LogP contribution in [0.1, 0.15) is 54.2 Å². The molecule has 2 aliphatic heterocycles. The van der Waals surface area contributed by atoms with Crippen LogP contribution in [0.5, 0.6) is 0 Å². The SMILES string of the molecule is COC(=O)c1ccc2[nH]c3c(c2c1)CN(C(=O)CN1C(=O)N[C@@]2(CCCC[C@@H]2C)C1=O)CC3. The Morgan fingerprint density at radius 3 is 2.82 bits per heavy atom. The number of urea groups is 1. The molecule has 5 rings (SSSR count). The van der Waals surface area contributed by atoms with E-state index in [4.69, 9.17) is 4.74 Å². The van der Waals surface area contributed by atoms with Crippen LogP contribution in [0, 0.1) is 5.92 Å². The number of carbonyl (C=O) groups excluding carboxylic acids is 4. The third-order valence-electron chi connectivity index (χ3n) is 7.54. The molecule has 2 fully saturated rings. The van der Waals surface area contributed by atoms with Gasteiger partial charge in [-0.3, -0.25) is 14.5 Å². The number of nitrogens with one attached hydrogen (secondary N) is 2. The van der Waals surface area contributed by atoms with Gasteiger partial charge in [0, 0.05) is 41.7 Å². The summed E-state index contributed by atoms with van der Waals surface area (Å²) in [4.78, 5) is 57.1. The summed E-state index contributed by atoms with van der Waals surface area (Å²) in [7, 11) is 1.34. The molecule has 174 valence electrons. The molecule has 1 aliphatic carbocycles. The smallest absolute Gasteiger partial charge is 0.337 e. The van der Waals surface area contributed by atoms with Gasteiger partial charge in [-0.25, -0.2) is 9.59 Å². The van der Waals surface area contributed by atoms with Gasteiger partial charge in [0.05, 0.1) is 12.7 Å². The van der Waals surface area contributed by atoms with Gasteiger partial charge in [-0.2, -0.15) is 0 Å². The first-order chi connectivity index (χ1) is 15.8. The van der Waals surface area contributed by atoms with Crippen LogP contribution in [0.2, 0.25) is 0 Å². The van der Waals surface area contributed by atoms with Crippen LogP contribution in [-0.4, -0.2) is 64.3 Å². The van der Waals surface area contributed by atoms with Gasteiger partial charge in [-0.05, 0) is 37.0 Å². The quantitative estimate of drug-likeness (QED) is 0.548. The monoisotopic (exact) mass is 452 g/mol. The number of imide groups is 1. The van der Waals surface area contributed by atoms with E-state index in [-0.39, 0.29) is 24.3 Å². The lowest BCUT2D eigenvalue weighted by atomic mass is 9.73. The minimum atomic E-state index is -0.869. The second-order valence-corrected chi connectivity index (χ2v) is 9.34. The lowest BCUT2D eigenvalue weighted by Crippen LogP contribution is -2.54. The van der Waals surface area contributed by atoms with Crippen LogP contribution in [0.25, 0.3) is 10.9 Å². The van der Waals surface area contributed by atoms with Crippen LogP contribution >= 0.6 is 0 Å². The van der Waals surface area contributed by atoms with Gasteiger partial charge in [0.2, 0.25) is 5.91 Å². The van der Waals surface area contributed by atoms with Gasteiger partial charge >= 0.3 is 12.0 Å². The maximum absolute atomic E-state index is 13.2. The molecule has 1 spiro atoms. The summed E-state index contributed by atoms with van der Waals surface area (Å²) in [5.74, 6) is -0.903. The van der Waals surface area contributed by atoms with Gasteiger partial charge in [-0.15, -0.1) is 0 Å². The first-order valence-electron chi connectivity index (χ1n) is 11.5. The van der Waals surface area contributed by atoms with Crippen molar-refractivity contribution in [1.82, 2.24) is 20.1 Å². The normalized spacial score (nSPS) is 24.8. The van der Waals surface area contributed by atoms with Crippen molar-refractivity contribution in [3.63, 3.8) is 0 Å². The lowest BCUT2D eigenvalue weighted by Gasteiger charge is -2.37. The predicted octanol–water partition coefficient (Wildman–Crippen LogP) is 2.34. The van der Waals surface area contributed by atoms with Crippen LogP contribution in [-0.2, 0) is 27.3 Å². The number of nitrogens with zero attached hydrogens (tertiary/aromatic N) is 2. The minimum Gasteiger partial charge on any atom is -0.465 e. The van der Waals surface area contributed by atoms with Gasteiger partial charge in [-0.1, -0.05) is 19.8 Å². The number of methoxy groups -OCH3 is 1. The van der Waals surface area contributed by atoms with Crippen LogP contribution in [0.4, 0.5) is 4.79 Å². The molecule has 0 unspecified atom stereocenters. The van der Waals surface area contributed by atoms with Gasteiger partial charge in [0.1, 0.15) is 12.1 Å². The average Bonchev–Trinajstić information content (AvgIpc) is 3.30. The van der Waals surface area contributed by atoms with Crippen LogP contribution in [0.15, 0.2) is 18.2 Å². The maximum atomic E-state index is 13.2. The highest BCUT2D eigenvalue weighted by atomic mass is 16.5. The highest BCUT2D eigenvalue weighted by Crippen LogP contribution is 2.38. The van der Waals surface area contributed by atoms with E-state index in [1.807, 2.05) is 13.0 Å². The largest absolute Gasteiger partial charge is 0.465 e. The first-order valence-corrected chi connectivity index (χ1v) is 11.5. The van der Waals surface area contributed by atoms with Crippen LogP contribution in [0.3, 0.4) is 0 Å². The van der Waals surface area contributed by atoms with Crippen molar-refractivity contribution in [3.05, 3.63) is 35.0 Å². The van der Waals surface area contributed by atoms with E-state index in [1.54, 1.807) is 17.0 Å². The van der Waals surface area contributed by atoms with E-state index in [1.165, 1.54) is 7.11 Å². The van der Waals surface area contributed by atoms with Crippen molar-refractivity contribution in [2.75, 3.05) is 20.2 Å². The highest BCUT2D eigenvalue weighted by Gasteiger charge is 2.55. The number of H-pyrrole nitrogens is 1. The summed E-state index contributed by atoms with van der Waals surface area (Å²) in [5, 5.41) is 3.77. The summed E-state index contributed by atoms with van der Waals surface area (Å²) in [5.41, 5.74) is 2.45. The molecular weight excluding hydrogens is 424 g/mol. The molecule has 2 aromatic rings. The fourth-order valence-corrected chi connectivity index (χ4v) is 5.55. The summed E-state index contributed by atoms with van der Waals surface area (Å²) >= 11 is 0. The summed E-state index contributed by atoms with van der Waals surface area (Å²) in [6.07, 6.45) is 4.07. The van der Waals surface area contributed by atoms with E-state index >= 15 is 0 Å². The Morgan fingerprint density at radius 1 is 1.24 bits per heavy atom. The summed E-state index contributed by atoms with van der Waals surface area (Å²) in [6.45, 7) is 2.58. The summed E-state index contributed by atoms with van der Waals surface area (Å²) < 4.78 is 4.83. The van der Waals surface area contributed by atoms with Crippen molar-refractivity contribution in [2.24, 2.45) is 5.92 Å². The Morgan fingerprint density at radius 2 is 2.06 bits per heavy atom. The molecule has 1 saturated heterocycles. The number of ether oxygens (including phenoxy) is 1. The molecule has 33 heavy (non-hydrogen) atoms. The summed E-state index contributed by atoms with van der Waals surface area (Å²) in [6, 6.07) is 4.84. The number of aromatic nitrogens is 1. The number of hydrogen-bond acceptors (Lipinski definition) is 5. The maximum Gasteiger partial charge on any atom is 0.337 e. The standard InChI is InChI=1S/C24H28N4O5/c1-14-5-3-4-9-24(14)22(31)28(23(32)26-24)13-20(29)27-10-8-19-17(12-27)16-11-15(21(30)33-2)6-7-18(16)25-19/h6-7,11,14,25H,3-5,8-10,12-13H2,1-2H3,(H,26,32)/t14-,24+/m0/s1. The third-order valence-corrected chi connectivity index (χ3v) is 7.54. The molecular formula is C24H28N4O5. The molecule has 9 nitrogen and oxygen atoms in total.